The molecule has 5 heteroatoms. The molecule has 2 atom stereocenters. The molecule has 0 saturated carbocycles. The van der Waals surface area contributed by atoms with E-state index in [0.29, 0.717) is 32.2 Å². The SMILES string of the molecule is C=CCO[C@@H](CC=C)CC1COC(C)(C)N1C(=O)OCC(C)C. The van der Waals surface area contributed by atoms with Crippen LogP contribution in [0, 0.1) is 5.92 Å². The molecule has 5 nitrogen and oxygen atoms in total. The third-order valence-corrected chi connectivity index (χ3v) is 3.73. The molecule has 1 aliphatic rings. The monoisotopic (exact) mass is 325 g/mol. The van der Waals surface area contributed by atoms with Gasteiger partial charge < -0.3 is 14.2 Å². The molecule has 0 aromatic rings. The van der Waals surface area contributed by atoms with Crippen molar-refractivity contribution in [1.82, 2.24) is 4.90 Å². The number of hydrogen-bond donors (Lipinski definition) is 0. The van der Waals surface area contributed by atoms with Crippen LogP contribution in [0.4, 0.5) is 4.79 Å². The van der Waals surface area contributed by atoms with Crippen molar-refractivity contribution < 1.29 is 19.0 Å². The van der Waals surface area contributed by atoms with Crippen molar-refractivity contribution in [2.45, 2.75) is 58.4 Å². The standard InChI is InChI=1S/C18H31NO4/c1-7-9-16(21-10-8-2)11-15-13-23-18(5,6)19(15)17(20)22-12-14(3)4/h7-8,14-16H,1-2,9-13H2,3-6H3/t15?,16-/m0/s1. The van der Waals surface area contributed by atoms with E-state index in [4.69, 9.17) is 14.2 Å². The molecule has 0 radical (unpaired) electrons. The van der Waals surface area contributed by atoms with Crippen molar-refractivity contribution in [2.75, 3.05) is 19.8 Å². The molecule has 1 heterocycles. The largest absolute Gasteiger partial charge is 0.449 e. The highest BCUT2D eigenvalue weighted by atomic mass is 16.6. The lowest BCUT2D eigenvalue weighted by Gasteiger charge is -2.34. The molecule has 132 valence electrons. The van der Waals surface area contributed by atoms with E-state index in [-0.39, 0.29) is 18.2 Å². The normalized spacial score (nSPS) is 21.3. The fourth-order valence-corrected chi connectivity index (χ4v) is 2.66. The van der Waals surface area contributed by atoms with Crippen molar-refractivity contribution >= 4 is 6.09 Å². The van der Waals surface area contributed by atoms with Crippen molar-refractivity contribution in [1.29, 1.82) is 0 Å². The molecule has 0 bridgehead atoms. The topological polar surface area (TPSA) is 48.0 Å². The Kier molecular flexibility index (Phi) is 7.79. The molecule has 0 aromatic heterocycles. The van der Waals surface area contributed by atoms with E-state index < -0.39 is 5.72 Å². The van der Waals surface area contributed by atoms with Gasteiger partial charge in [0.2, 0.25) is 0 Å². The van der Waals surface area contributed by atoms with Crippen LogP contribution >= 0.6 is 0 Å². The molecule has 0 aromatic carbocycles. The highest BCUT2D eigenvalue weighted by molar-refractivity contribution is 5.69. The third-order valence-electron chi connectivity index (χ3n) is 3.73. The van der Waals surface area contributed by atoms with E-state index >= 15 is 0 Å². The first-order chi connectivity index (χ1) is 10.8. The zero-order chi connectivity index (χ0) is 17.5. The molecular weight excluding hydrogens is 294 g/mol. The van der Waals surface area contributed by atoms with Crippen LogP contribution in [0.2, 0.25) is 0 Å². The number of rotatable bonds is 9. The zero-order valence-corrected chi connectivity index (χ0v) is 14.9. The first-order valence-corrected chi connectivity index (χ1v) is 8.25. The fraction of sp³-hybridized carbons (Fsp3) is 0.722. The highest BCUT2D eigenvalue weighted by Crippen LogP contribution is 2.31. The third kappa shape index (κ3) is 5.99. The van der Waals surface area contributed by atoms with Crippen LogP contribution in [-0.2, 0) is 14.2 Å². The summed E-state index contributed by atoms with van der Waals surface area (Å²) >= 11 is 0. The van der Waals surface area contributed by atoms with Gasteiger partial charge in [0.05, 0.1) is 32.0 Å². The van der Waals surface area contributed by atoms with E-state index in [2.05, 4.69) is 13.2 Å². The molecule has 0 aliphatic carbocycles. The molecular formula is C18H31NO4. The summed E-state index contributed by atoms with van der Waals surface area (Å²) in [6.07, 6.45) is 4.61. The average Bonchev–Trinajstić information content (AvgIpc) is 2.77. The van der Waals surface area contributed by atoms with E-state index in [0.717, 1.165) is 6.42 Å². The average molecular weight is 325 g/mol. The Morgan fingerprint density at radius 1 is 1.39 bits per heavy atom. The van der Waals surface area contributed by atoms with Gasteiger partial charge in [-0.25, -0.2) is 4.79 Å². The minimum atomic E-state index is -0.671. The number of amides is 1. The zero-order valence-electron chi connectivity index (χ0n) is 14.9. The molecule has 1 saturated heterocycles. The lowest BCUT2D eigenvalue weighted by atomic mass is 10.1. The predicted molar refractivity (Wildman–Crippen MR) is 91.2 cm³/mol. The summed E-state index contributed by atoms with van der Waals surface area (Å²) in [5.41, 5.74) is -0.671. The molecule has 1 rings (SSSR count). The van der Waals surface area contributed by atoms with Gasteiger partial charge in [0.15, 0.2) is 0 Å². The lowest BCUT2D eigenvalue weighted by Crippen LogP contribution is -2.49. The first-order valence-electron chi connectivity index (χ1n) is 8.25. The summed E-state index contributed by atoms with van der Waals surface area (Å²) in [6.45, 7) is 16.6. The minimum Gasteiger partial charge on any atom is -0.449 e. The molecule has 0 spiro atoms. The number of nitrogens with zero attached hydrogens (tertiary/aromatic N) is 1. The second kappa shape index (κ2) is 9.08. The van der Waals surface area contributed by atoms with Crippen LogP contribution in [0.5, 0.6) is 0 Å². The second-order valence-corrected chi connectivity index (χ2v) is 6.76. The first kappa shape index (κ1) is 19.7. The predicted octanol–water partition coefficient (Wildman–Crippen LogP) is 3.75. The van der Waals surface area contributed by atoms with Gasteiger partial charge in [-0.15, -0.1) is 13.2 Å². The Hall–Kier alpha value is -1.33. The van der Waals surface area contributed by atoms with Crippen LogP contribution < -0.4 is 0 Å². The molecule has 1 unspecified atom stereocenters. The lowest BCUT2D eigenvalue weighted by molar-refractivity contribution is -0.0511. The van der Waals surface area contributed by atoms with Gasteiger partial charge in [-0.2, -0.15) is 0 Å². The second-order valence-electron chi connectivity index (χ2n) is 6.76. The van der Waals surface area contributed by atoms with Crippen molar-refractivity contribution in [3.8, 4) is 0 Å². The molecule has 1 aliphatic heterocycles. The molecule has 1 fully saturated rings. The van der Waals surface area contributed by atoms with Crippen molar-refractivity contribution in [3.63, 3.8) is 0 Å². The maximum absolute atomic E-state index is 12.5. The van der Waals surface area contributed by atoms with Gasteiger partial charge in [-0.1, -0.05) is 26.0 Å². The van der Waals surface area contributed by atoms with E-state index in [1.165, 1.54) is 0 Å². The number of hydrogen-bond acceptors (Lipinski definition) is 4. The van der Waals surface area contributed by atoms with E-state index in [9.17, 15) is 4.79 Å². The van der Waals surface area contributed by atoms with Crippen molar-refractivity contribution in [2.24, 2.45) is 5.92 Å². The summed E-state index contributed by atoms with van der Waals surface area (Å²) in [5.74, 6) is 0.300. The molecule has 1 amide bonds. The fourth-order valence-electron chi connectivity index (χ4n) is 2.66. The Labute approximate surface area is 140 Å². The van der Waals surface area contributed by atoms with Crippen molar-refractivity contribution in [3.05, 3.63) is 25.3 Å². The van der Waals surface area contributed by atoms with Gasteiger partial charge in [-0.3, -0.25) is 4.90 Å². The van der Waals surface area contributed by atoms with Gasteiger partial charge in [-0.05, 0) is 32.6 Å². The quantitative estimate of drug-likeness (QED) is 0.606. The number of carbonyl (C=O) groups is 1. The van der Waals surface area contributed by atoms with Crippen LogP contribution in [-0.4, -0.2) is 48.7 Å². The summed E-state index contributed by atoms with van der Waals surface area (Å²) in [5, 5.41) is 0. The van der Waals surface area contributed by atoms with Gasteiger partial charge in [0.1, 0.15) is 5.72 Å². The highest BCUT2D eigenvalue weighted by Gasteiger charge is 2.45. The maximum atomic E-state index is 12.5. The number of carbonyl (C=O) groups excluding carboxylic acids is 1. The Bertz CT molecular complexity index is 406. The van der Waals surface area contributed by atoms with E-state index in [1.807, 2.05) is 33.8 Å². The van der Waals surface area contributed by atoms with Gasteiger partial charge >= 0.3 is 6.09 Å². The van der Waals surface area contributed by atoms with Crippen LogP contribution in [0.15, 0.2) is 25.3 Å². The van der Waals surface area contributed by atoms with Crippen LogP contribution in [0.25, 0.3) is 0 Å². The van der Waals surface area contributed by atoms with Gasteiger partial charge in [0, 0.05) is 0 Å². The summed E-state index contributed by atoms with van der Waals surface area (Å²) in [4.78, 5) is 14.2. The van der Waals surface area contributed by atoms with E-state index in [1.54, 1.807) is 11.0 Å². The summed E-state index contributed by atoms with van der Waals surface area (Å²) < 4.78 is 17.0. The molecule has 0 N–H and O–H groups in total. The Balaban J connectivity index is 2.75. The smallest absolute Gasteiger partial charge is 0.412 e. The summed E-state index contributed by atoms with van der Waals surface area (Å²) in [7, 11) is 0. The number of ether oxygens (including phenoxy) is 3. The van der Waals surface area contributed by atoms with Crippen LogP contribution in [0.1, 0.15) is 40.5 Å². The molecule has 23 heavy (non-hydrogen) atoms. The van der Waals surface area contributed by atoms with Crippen LogP contribution in [0.3, 0.4) is 0 Å². The van der Waals surface area contributed by atoms with Gasteiger partial charge in [0.25, 0.3) is 0 Å². The maximum Gasteiger partial charge on any atom is 0.412 e. The summed E-state index contributed by atoms with van der Waals surface area (Å²) in [6, 6.07) is -0.0700. The Morgan fingerprint density at radius 3 is 2.65 bits per heavy atom. The minimum absolute atomic E-state index is 0.0200. The Morgan fingerprint density at radius 2 is 2.09 bits per heavy atom.